The first-order valence-electron chi connectivity index (χ1n) is 7.73. The van der Waals surface area contributed by atoms with Crippen LogP contribution in [0.1, 0.15) is 30.5 Å². The summed E-state index contributed by atoms with van der Waals surface area (Å²) in [5.41, 5.74) is 1.17. The second-order valence-electron chi connectivity index (χ2n) is 5.78. The van der Waals surface area contributed by atoms with Gasteiger partial charge in [-0.1, -0.05) is 0 Å². The highest BCUT2D eigenvalue weighted by Crippen LogP contribution is 2.31. The third-order valence-electron chi connectivity index (χ3n) is 4.26. The fourth-order valence-electron chi connectivity index (χ4n) is 3.08. The van der Waals surface area contributed by atoms with Crippen LogP contribution in [-0.4, -0.2) is 22.6 Å². The van der Waals surface area contributed by atoms with E-state index in [9.17, 15) is 13.2 Å². The quantitative estimate of drug-likeness (QED) is 0.849. The number of pyridine rings is 2. The molecule has 0 saturated carbocycles. The lowest BCUT2D eigenvalue weighted by Crippen LogP contribution is -2.29. The lowest BCUT2D eigenvalue weighted by atomic mass is 10.0. The van der Waals surface area contributed by atoms with Crippen LogP contribution in [0.25, 0.3) is 0 Å². The highest BCUT2D eigenvalue weighted by molar-refractivity contribution is 5.47. The number of alkyl halides is 3. The van der Waals surface area contributed by atoms with Crippen molar-refractivity contribution in [3.63, 3.8) is 0 Å². The van der Waals surface area contributed by atoms with Crippen LogP contribution in [0, 0.1) is 0 Å². The van der Waals surface area contributed by atoms with Crippen LogP contribution in [0.5, 0.6) is 0 Å². The molecule has 3 heterocycles. The number of aromatic nitrogens is 2. The maximum absolute atomic E-state index is 12.6. The number of aryl methyl sites for hydroxylation is 1. The molecular formula is C17H18F3N3. The van der Waals surface area contributed by atoms with Gasteiger partial charge in [-0.05, 0) is 55.5 Å². The van der Waals surface area contributed by atoms with Gasteiger partial charge in [-0.2, -0.15) is 13.2 Å². The number of rotatable bonds is 4. The number of hydrogen-bond donors (Lipinski definition) is 0. The molecule has 0 aliphatic carbocycles. The minimum absolute atomic E-state index is 0.349. The molecule has 1 fully saturated rings. The van der Waals surface area contributed by atoms with E-state index in [4.69, 9.17) is 0 Å². The van der Waals surface area contributed by atoms with Gasteiger partial charge < -0.3 is 4.90 Å². The van der Waals surface area contributed by atoms with E-state index in [0.29, 0.717) is 6.04 Å². The molecule has 0 bridgehead atoms. The SMILES string of the molecule is FC(F)(F)c1ccc(N2CCC[C@@H]2CCc2ccncc2)cn1. The molecule has 0 amide bonds. The fourth-order valence-corrected chi connectivity index (χ4v) is 3.08. The van der Waals surface area contributed by atoms with Gasteiger partial charge in [0.1, 0.15) is 5.69 Å². The molecule has 0 unspecified atom stereocenters. The summed E-state index contributed by atoms with van der Waals surface area (Å²) in [5, 5.41) is 0. The van der Waals surface area contributed by atoms with Gasteiger partial charge in [-0.15, -0.1) is 0 Å². The van der Waals surface area contributed by atoms with Gasteiger partial charge in [0.05, 0.1) is 11.9 Å². The van der Waals surface area contributed by atoms with Gasteiger partial charge in [0.15, 0.2) is 0 Å². The van der Waals surface area contributed by atoms with Gasteiger partial charge in [0.2, 0.25) is 0 Å². The van der Waals surface area contributed by atoms with Gasteiger partial charge in [-0.25, -0.2) is 4.98 Å². The molecule has 122 valence electrons. The molecule has 0 spiro atoms. The molecule has 23 heavy (non-hydrogen) atoms. The highest BCUT2D eigenvalue weighted by Gasteiger charge is 2.33. The average Bonchev–Trinajstić information content (AvgIpc) is 3.02. The van der Waals surface area contributed by atoms with Crippen molar-refractivity contribution in [3.05, 3.63) is 54.1 Å². The smallest absolute Gasteiger partial charge is 0.367 e. The zero-order chi connectivity index (χ0) is 16.3. The van der Waals surface area contributed by atoms with Crippen LogP contribution in [-0.2, 0) is 12.6 Å². The molecule has 2 aromatic rings. The van der Waals surface area contributed by atoms with Crippen LogP contribution in [0.15, 0.2) is 42.9 Å². The molecule has 3 rings (SSSR count). The van der Waals surface area contributed by atoms with Crippen molar-refractivity contribution in [2.24, 2.45) is 0 Å². The normalized spacial score (nSPS) is 18.4. The molecular weight excluding hydrogens is 303 g/mol. The molecule has 1 aliphatic heterocycles. The third-order valence-corrected chi connectivity index (χ3v) is 4.26. The molecule has 1 saturated heterocycles. The standard InChI is InChI=1S/C17H18F3N3/c18-17(19,20)16-6-5-15(12-22-16)23-11-1-2-14(23)4-3-13-7-9-21-10-8-13/h5-10,12,14H,1-4,11H2/t14-/m1/s1. The van der Waals surface area contributed by atoms with Crippen molar-refractivity contribution >= 4 is 5.69 Å². The number of anilines is 1. The minimum atomic E-state index is -4.38. The summed E-state index contributed by atoms with van der Waals surface area (Å²) in [6.45, 7) is 0.869. The van der Waals surface area contributed by atoms with E-state index in [0.717, 1.165) is 44.0 Å². The summed E-state index contributed by atoms with van der Waals surface area (Å²) >= 11 is 0. The van der Waals surface area contributed by atoms with Gasteiger partial charge in [0.25, 0.3) is 0 Å². The van der Waals surface area contributed by atoms with E-state index in [1.807, 2.05) is 12.1 Å². The maximum Gasteiger partial charge on any atom is 0.433 e. The van der Waals surface area contributed by atoms with E-state index < -0.39 is 11.9 Å². The maximum atomic E-state index is 12.6. The third kappa shape index (κ3) is 3.81. The first-order valence-corrected chi connectivity index (χ1v) is 7.73. The predicted molar refractivity (Wildman–Crippen MR) is 82.2 cm³/mol. The second-order valence-corrected chi connectivity index (χ2v) is 5.78. The summed E-state index contributed by atoms with van der Waals surface area (Å²) in [6, 6.07) is 6.94. The Morgan fingerprint density at radius 1 is 1.13 bits per heavy atom. The Balaban J connectivity index is 1.66. The van der Waals surface area contributed by atoms with Gasteiger partial charge >= 0.3 is 6.18 Å². The minimum Gasteiger partial charge on any atom is -0.367 e. The Bertz CT molecular complexity index is 626. The molecule has 0 N–H and O–H groups in total. The Morgan fingerprint density at radius 3 is 2.57 bits per heavy atom. The van der Waals surface area contributed by atoms with E-state index in [1.165, 1.54) is 17.8 Å². The van der Waals surface area contributed by atoms with Crippen molar-refractivity contribution in [1.82, 2.24) is 9.97 Å². The Kier molecular flexibility index (Phi) is 4.50. The summed E-state index contributed by atoms with van der Waals surface area (Å²) in [4.78, 5) is 9.75. The number of hydrogen-bond acceptors (Lipinski definition) is 3. The zero-order valence-corrected chi connectivity index (χ0v) is 12.6. The first-order chi connectivity index (χ1) is 11.0. The van der Waals surface area contributed by atoms with Crippen molar-refractivity contribution in [2.75, 3.05) is 11.4 Å². The van der Waals surface area contributed by atoms with Crippen LogP contribution >= 0.6 is 0 Å². The molecule has 1 aliphatic rings. The number of nitrogens with zero attached hydrogens (tertiary/aromatic N) is 3. The highest BCUT2D eigenvalue weighted by atomic mass is 19.4. The summed E-state index contributed by atoms with van der Waals surface area (Å²) in [5.74, 6) is 0. The second kappa shape index (κ2) is 6.56. The molecule has 6 heteroatoms. The monoisotopic (exact) mass is 321 g/mol. The molecule has 1 atom stereocenters. The summed E-state index contributed by atoms with van der Waals surface area (Å²) < 4.78 is 37.8. The van der Waals surface area contributed by atoms with Crippen molar-refractivity contribution in [1.29, 1.82) is 0 Å². The van der Waals surface area contributed by atoms with E-state index >= 15 is 0 Å². The zero-order valence-electron chi connectivity index (χ0n) is 12.6. The van der Waals surface area contributed by atoms with Crippen LogP contribution in [0.3, 0.4) is 0 Å². The van der Waals surface area contributed by atoms with Crippen LogP contribution < -0.4 is 4.90 Å². The van der Waals surface area contributed by atoms with Crippen molar-refractivity contribution in [2.45, 2.75) is 37.9 Å². The summed E-state index contributed by atoms with van der Waals surface area (Å²) in [6.07, 6.45) is 4.55. The van der Waals surface area contributed by atoms with Crippen LogP contribution in [0.4, 0.5) is 18.9 Å². The predicted octanol–water partition coefficient (Wildman–Crippen LogP) is 4.10. The van der Waals surface area contributed by atoms with E-state index in [1.54, 1.807) is 12.4 Å². The molecule has 3 nitrogen and oxygen atoms in total. The fraction of sp³-hybridized carbons (Fsp3) is 0.412. The van der Waals surface area contributed by atoms with E-state index in [2.05, 4.69) is 14.9 Å². The molecule has 0 aromatic carbocycles. The van der Waals surface area contributed by atoms with Gasteiger partial charge in [-0.3, -0.25) is 4.98 Å². The molecule has 0 radical (unpaired) electrons. The largest absolute Gasteiger partial charge is 0.433 e. The van der Waals surface area contributed by atoms with Gasteiger partial charge in [0, 0.05) is 25.0 Å². The van der Waals surface area contributed by atoms with Crippen molar-refractivity contribution < 1.29 is 13.2 Å². The summed E-state index contributed by atoms with van der Waals surface area (Å²) in [7, 11) is 0. The Morgan fingerprint density at radius 2 is 1.91 bits per heavy atom. The average molecular weight is 321 g/mol. The van der Waals surface area contributed by atoms with Crippen molar-refractivity contribution in [3.8, 4) is 0 Å². The topological polar surface area (TPSA) is 29.0 Å². The van der Waals surface area contributed by atoms with Crippen LogP contribution in [0.2, 0.25) is 0 Å². The Labute approximate surface area is 133 Å². The number of halogens is 3. The lowest BCUT2D eigenvalue weighted by molar-refractivity contribution is -0.141. The lowest BCUT2D eigenvalue weighted by Gasteiger charge is -2.26. The Hall–Kier alpha value is -2.11. The van der Waals surface area contributed by atoms with E-state index in [-0.39, 0.29) is 0 Å². The molecule has 2 aromatic heterocycles. The first kappa shape index (κ1) is 15.8.